The fourth-order valence-electron chi connectivity index (χ4n) is 2.18. The van der Waals surface area contributed by atoms with Crippen molar-refractivity contribution in [1.82, 2.24) is 0 Å². The number of hydrogen-bond acceptors (Lipinski definition) is 3. The minimum absolute atomic E-state index is 0.750. The molecule has 0 heterocycles. The van der Waals surface area contributed by atoms with Crippen molar-refractivity contribution >= 4 is 11.4 Å². The van der Waals surface area contributed by atoms with E-state index in [0.29, 0.717) is 0 Å². The third-order valence-corrected chi connectivity index (χ3v) is 3.63. The molecule has 2 rings (SSSR count). The Bertz CT molecular complexity index is 636. The van der Waals surface area contributed by atoms with Crippen LogP contribution in [0, 0.1) is 18.3 Å². The van der Waals surface area contributed by atoms with Crippen LogP contribution in [0.2, 0.25) is 0 Å². The Balaban J connectivity index is 2.28. The maximum absolute atomic E-state index is 9.61. The highest BCUT2D eigenvalue weighted by molar-refractivity contribution is 5.54. The molecule has 2 aromatic rings. The molecule has 0 amide bonds. The Labute approximate surface area is 126 Å². The number of nitrogens with one attached hydrogen (secondary N) is 1. The minimum Gasteiger partial charge on any atom is -0.378 e. The van der Waals surface area contributed by atoms with Gasteiger partial charge in [-0.05, 0) is 43.7 Å². The van der Waals surface area contributed by atoms with Gasteiger partial charge < -0.3 is 10.2 Å². The van der Waals surface area contributed by atoms with Gasteiger partial charge in [0, 0.05) is 25.5 Å². The first-order valence-corrected chi connectivity index (χ1v) is 6.98. The van der Waals surface area contributed by atoms with Gasteiger partial charge in [-0.2, -0.15) is 5.26 Å². The van der Waals surface area contributed by atoms with Crippen molar-refractivity contribution in [1.29, 1.82) is 5.26 Å². The SMILES string of the molecule is Cc1ccc(NC(C)(C#N)c2ccc(N(C)C)cc2)cc1. The molecule has 0 aliphatic carbocycles. The number of hydrogen-bond donors (Lipinski definition) is 1. The van der Waals surface area contributed by atoms with Crippen LogP contribution in [0.15, 0.2) is 48.5 Å². The molecular formula is C18H21N3. The molecule has 0 radical (unpaired) electrons. The predicted molar refractivity (Wildman–Crippen MR) is 88.5 cm³/mol. The molecule has 1 N–H and O–H groups in total. The van der Waals surface area contributed by atoms with Crippen molar-refractivity contribution in [3.8, 4) is 6.07 Å². The summed E-state index contributed by atoms with van der Waals surface area (Å²) in [6.45, 7) is 3.95. The van der Waals surface area contributed by atoms with Gasteiger partial charge in [-0.15, -0.1) is 0 Å². The summed E-state index contributed by atoms with van der Waals surface area (Å²) >= 11 is 0. The Hall–Kier alpha value is -2.47. The first-order valence-electron chi connectivity index (χ1n) is 6.98. The largest absolute Gasteiger partial charge is 0.378 e. The van der Waals surface area contributed by atoms with Gasteiger partial charge in [0.1, 0.15) is 5.54 Å². The Morgan fingerprint density at radius 1 is 1.00 bits per heavy atom. The minimum atomic E-state index is -0.750. The summed E-state index contributed by atoms with van der Waals surface area (Å²) in [6.07, 6.45) is 0. The van der Waals surface area contributed by atoms with Crippen molar-refractivity contribution in [2.45, 2.75) is 19.4 Å². The summed E-state index contributed by atoms with van der Waals surface area (Å²) in [5.41, 5.74) is 3.47. The molecule has 0 saturated carbocycles. The number of benzene rings is 2. The van der Waals surface area contributed by atoms with E-state index in [4.69, 9.17) is 0 Å². The number of nitrogens with zero attached hydrogens (tertiary/aromatic N) is 2. The van der Waals surface area contributed by atoms with E-state index in [1.54, 1.807) is 0 Å². The van der Waals surface area contributed by atoms with Crippen LogP contribution in [0.5, 0.6) is 0 Å². The van der Waals surface area contributed by atoms with Gasteiger partial charge in [-0.3, -0.25) is 0 Å². The first kappa shape index (κ1) is 14.9. The second-order valence-electron chi connectivity index (χ2n) is 5.67. The van der Waals surface area contributed by atoms with Crippen LogP contribution in [0.4, 0.5) is 11.4 Å². The summed E-state index contributed by atoms with van der Waals surface area (Å²) < 4.78 is 0. The van der Waals surface area contributed by atoms with Crippen molar-refractivity contribution < 1.29 is 0 Å². The normalized spacial score (nSPS) is 13.1. The number of aryl methyl sites for hydroxylation is 1. The van der Waals surface area contributed by atoms with Crippen LogP contribution < -0.4 is 10.2 Å². The van der Waals surface area contributed by atoms with Gasteiger partial charge in [0.05, 0.1) is 6.07 Å². The molecule has 3 nitrogen and oxygen atoms in total. The summed E-state index contributed by atoms with van der Waals surface area (Å²) in [5.74, 6) is 0. The highest BCUT2D eigenvalue weighted by Gasteiger charge is 2.26. The molecule has 0 bridgehead atoms. The molecule has 1 unspecified atom stereocenters. The molecule has 2 aromatic carbocycles. The third-order valence-electron chi connectivity index (χ3n) is 3.63. The lowest BCUT2D eigenvalue weighted by atomic mass is 9.93. The molecule has 3 heteroatoms. The lowest BCUT2D eigenvalue weighted by molar-refractivity contribution is 0.706. The summed E-state index contributed by atoms with van der Waals surface area (Å²) in [7, 11) is 4.01. The van der Waals surface area contributed by atoms with Gasteiger partial charge in [0.25, 0.3) is 0 Å². The second kappa shape index (κ2) is 5.88. The lowest BCUT2D eigenvalue weighted by Crippen LogP contribution is -2.30. The molecule has 0 aliphatic rings. The quantitative estimate of drug-likeness (QED) is 0.922. The molecular weight excluding hydrogens is 258 g/mol. The van der Waals surface area contributed by atoms with E-state index in [-0.39, 0.29) is 0 Å². The van der Waals surface area contributed by atoms with E-state index in [1.807, 2.05) is 81.4 Å². The zero-order valence-electron chi connectivity index (χ0n) is 13.0. The molecule has 0 aromatic heterocycles. The van der Waals surface area contributed by atoms with Crippen LogP contribution in [-0.2, 0) is 5.54 Å². The molecule has 0 saturated heterocycles. The van der Waals surface area contributed by atoms with E-state index in [2.05, 4.69) is 11.4 Å². The third kappa shape index (κ3) is 3.35. The molecule has 1 atom stereocenters. The van der Waals surface area contributed by atoms with Gasteiger partial charge in [-0.1, -0.05) is 29.8 Å². The van der Waals surface area contributed by atoms with E-state index in [1.165, 1.54) is 5.56 Å². The number of anilines is 2. The zero-order valence-corrected chi connectivity index (χ0v) is 13.0. The van der Waals surface area contributed by atoms with Crippen LogP contribution in [0.1, 0.15) is 18.1 Å². The Kier molecular flexibility index (Phi) is 4.18. The maximum Gasteiger partial charge on any atom is 0.148 e. The summed E-state index contributed by atoms with van der Waals surface area (Å²) in [5, 5.41) is 12.9. The average molecular weight is 279 g/mol. The topological polar surface area (TPSA) is 39.1 Å². The lowest BCUT2D eigenvalue weighted by Gasteiger charge is -2.26. The van der Waals surface area contributed by atoms with Gasteiger partial charge in [0.2, 0.25) is 0 Å². The van der Waals surface area contributed by atoms with Gasteiger partial charge >= 0.3 is 0 Å². The summed E-state index contributed by atoms with van der Waals surface area (Å²) in [4.78, 5) is 2.04. The van der Waals surface area contributed by atoms with Crippen molar-refractivity contribution in [2.24, 2.45) is 0 Å². The second-order valence-corrected chi connectivity index (χ2v) is 5.67. The molecule has 108 valence electrons. The molecule has 0 fully saturated rings. The fourth-order valence-corrected chi connectivity index (χ4v) is 2.18. The van der Waals surface area contributed by atoms with E-state index in [0.717, 1.165) is 16.9 Å². The Morgan fingerprint density at radius 2 is 1.57 bits per heavy atom. The van der Waals surface area contributed by atoms with E-state index < -0.39 is 5.54 Å². The van der Waals surface area contributed by atoms with Crippen molar-refractivity contribution in [3.05, 3.63) is 59.7 Å². The number of rotatable bonds is 4. The van der Waals surface area contributed by atoms with Crippen molar-refractivity contribution in [3.63, 3.8) is 0 Å². The summed E-state index contributed by atoms with van der Waals surface area (Å²) in [6, 6.07) is 18.5. The van der Waals surface area contributed by atoms with E-state index in [9.17, 15) is 5.26 Å². The zero-order chi connectivity index (χ0) is 15.5. The van der Waals surface area contributed by atoms with Crippen LogP contribution in [-0.4, -0.2) is 14.1 Å². The highest BCUT2D eigenvalue weighted by Crippen LogP contribution is 2.27. The monoisotopic (exact) mass is 279 g/mol. The maximum atomic E-state index is 9.61. The van der Waals surface area contributed by atoms with Crippen LogP contribution >= 0.6 is 0 Å². The predicted octanol–water partition coefficient (Wildman–Crippen LogP) is 3.91. The fraction of sp³-hybridized carbons (Fsp3) is 0.278. The molecule has 0 aliphatic heterocycles. The number of nitriles is 1. The molecule has 21 heavy (non-hydrogen) atoms. The van der Waals surface area contributed by atoms with Gasteiger partial charge in [-0.25, -0.2) is 0 Å². The standard InChI is InChI=1S/C18H21N3/c1-14-5-9-16(10-6-14)20-18(2,13-19)15-7-11-17(12-8-15)21(3)4/h5-12,20H,1-4H3. The molecule has 0 spiro atoms. The Morgan fingerprint density at radius 3 is 2.05 bits per heavy atom. The van der Waals surface area contributed by atoms with E-state index >= 15 is 0 Å². The van der Waals surface area contributed by atoms with Gasteiger partial charge in [0.15, 0.2) is 0 Å². The van der Waals surface area contributed by atoms with Crippen LogP contribution in [0.25, 0.3) is 0 Å². The van der Waals surface area contributed by atoms with Crippen molar-refractivity contribution in [2.75, 3.05) is 24.3 Å². The van der Waals surface area contributed by atoms with Crippen LogP contribution in [0.3, 0.4) is 0 Å². The smallest absolute Gasteiger partial charge is 0.148 e. The first-order chi connectivity index (χ1) is 9.94. The average Bonchev–Trinajstić information content (AvgIpc) is 2.49. The highest BCUT2D eigenvalue weighted by atomic mass is 15.1.